The molecule has 3 unspecified atom stereocenters. The lowest BCUT2D eigenvalue weighted by Crippen LogP contribution is -2.33. The summed E-state index contributed by atoms with van der Waals surface area (Å²) in [6.07, 6.45) is 4.84. The molecule has 2 rings (SSSR count). The molecule has 1 heterocycles. The summed E-state index contributed by atoms with van der Waals surface area (Å²) >= 11 is 6.08. The first-order chi connectivity index (χ1) is 8.97. The zero-order valence-corrected chi connectivity index (χ0v) is 11.9. The predicted molar refractivity (Wildman–Crippen MR) is 75.8 cm³/mol. The maximum Gasteiger partial charge on any atom is 0.337 e. The standard InChI is InChI=1S/C14H19ClN2O2/c1-8-3-4-12(9(2)5-8)17-13-11(15)6-10(7-16-13)14(18)19/h6-9,12H,3-5H2,1-2H3,(H,16,17)(H,18,19). The third kappa shape index (κ3) is 3.38. The van der Waals surface area contributed by atoms with Crippen LogP contribution in [-0.2, 0) is 0 Å². The minimum atomic E-state index is -1.01. The van der Waals surface area contributed by atoms with Gasteiger partial charge in [0.2, 0.25) is 0 Å². The normalized spacial score (nSPS) is 27.0. The van der Waals surface area contributed by atoms with Gasteiger partial charge in [-0.25, -0.2) is 9.78 Å². The molecule has 0 saturated heterocycles. The number of carboxylic acid groups (broad SMARTS) is 1. The van der Waals surface area contributed by atoms with Crippen LogP contribution in [0.3, 0.4) is 0 Å². The number of carbonyl (C=O) groups is 1. The zero-order valence-electron chi connectivity index (χ0n) is 11.2. The number of hydrogen-bond acceptors (Lipinski definition) is 3. The molecule has 1 aromatic rings. The average Bonchev–Trinajstić information content (AvgIpc) is 2.34. The van der Waals surface area contributed by atoms with Gasteiger partial charge in [-0.1, -0.05) is 25.4 Å². The average molecular weight is 283 g/mol. The highest BCUT2D eigenvalue weighted by Crippen LogP contribution is 2.32. The number of carboxylic acids is 1. The molecule has 0 spiro atoms. The van der Waals surface area contributed by atoms with Crippen molar-refractivity contribution in [2.24, 2.45) is 11.8 Å². The van der Waals surface area contributed by atoms with Gasteiger partial charge in [-0.2, -0.15) is 0 Å². The van der Waals surface area contributed by atoms with Crippen LogP contribution in [-0.4, -0.2) is 22.1 Å². The number of pyridine rings is 1. The molecule has 5 heteroatoms. The molecule has 1 aromatic heterocycles. The molecular weight excluding hydrogens is 264 g/mol. The summed E-state index contributed by atoms with van der Waals surface area (Å²) in [6.45, 7) is 4.51. The third-order valence-electron chi connectivity index (χ3n) is 3.84. The van der Waals surface area contributed by atoms with E-state index < -0.39 is 5.97 Å². The van der Waals surface area contributed by atoms with Crippen molar-refractivity contribution in [2.45, 2.75) is 39.2 Å². The van der Waals surface area contributed by atoms with Gasteiger partial charge in [-0.15, -0.1) is 0 Å². The van der Waals surface area contributed by atoms with Gasteiger partial charge in [0.25, 0.3) is 0 Å². The van der Waals surface area contributed by atoms with Crippen LogP contribution in [0.2, 0.25) is 5.02 Å². The lowest BCUT2D eigenvalue weighted by Gasteiger charge is -2.33. The summed E-state index contributed by atoms with van der Waals surface area (Å²) in [7, 11) is 0. The highest BCUT2D eigenvalue weighted by Gasteiger charge is 2.26. The first kappa shape index (κ1) is 14.1. The Hall–Kier alpha value is -1.29. The Balaban J connectivity index is 2.09. The Morgan fingerprint density at radius 3 is 2.79 bits per heavy atom. The Bertz CT molecular complexity index is 479. The van der Waals surface area contributed by atoms with Crippen LogP contribution in [0.4, 0.5) is 5.82 Å². The van der Waals surface area contributed by atoms with Crippen molar-refractivity contribution < 1.29 is 9.90 Å². The predicted octanol–water partition coefficient (Wildman–Crippen LogP) is 3.67. The number of rotatable bonds is 3. The number of hydrogen-bond donors (Lipinski definition) is 2. The molecule has 1 saturated carbocycles. The van der Waals surface area contributed by atoms with Gasteiger partial charge in [0.05, 0.1) is 10.6 Å². The largest absolute Gasteiger partial charge is 0.478 e. The quantitative estimate of drug-likeness (QED) is 0.888. The lowest BCUT2D eigenvalue weighted by molar-refractivity contribution is 0.0696. The van der Waals surface area contributed by atoms with Crippen LogP contribution < -0.4 is 5.32 Å². The topological polar surface area (TPSA) is 62.2 Å². The highest BCUT2D eigenvalue weighted by molar-refractivity contribution is 6.33. The Morgan fingerprint density at radius 2 is 2.21 bits per heavy atom. The fraction of sp³-hybridized carbons (Fsp3) is 0.571. The van der Waals surface area contributed by atoms with Gasteiger partial charge in [-0.05, 0) is 37.2 Å². The Labute approximate surface area is 118 Å². The zero-order chi connectivity index (χ0) is 14.0. The van der Waals surface area contributed by atoms with Crippen molar-refractivity contribution in [1.29, 1.82) is 0 Å². The smallest absolute Gasteiger partial charge is 0.337 e. The van der Waals surface area contributed by atoms with E-state index >= 15 is 0 Å². The number of nitrogens with one attached hydrogen (secondary N) is 1. The Morgan fingerprint density at radius 1 is 1.47 bits per heavy atom. The minimum Gasteiger partial charge on any atom is -0.478 e. The summed E-state index contributed by atoms with van der Waals surface area (Å²) in [4.78, 5) is 14.9. The fourth-order valence-electron chi connectivity index (χ4n) is 2.72. The van der Waals surface area contributed by atoms with E-state index in [1.165, 1.54) is 25.1 Å². The molecule has 3 atom stereocenters. The molecule has 1 fully saturated rings. The van der Waals surface area contributed by atoms with Crippen molar-refractivity contribution in [3.8, 4) is 0 Å². The third-order valence-corrected chi connectivity index (χ3v) is 4.13. The second-order valence-electron chi connectivity index (χ2n) is 5.51. The van der Waals surface area contributed by atoms with Crippen LogP contribution in [0.5, 0.6) is 0 Å². The van der Waals surface area contributed by atoms with Crippen molar-refractivity contribution in [3.05, 3.63) is 22.8 Å². The van der Waals surface area contributed by atoms with Crippen LogP contribution in [0.15, 0.2) is 12.3 Å². The van der Waals surface area contributed by atoms with E-state index in [2.05, 4.69) is 24.1 Å². The van der Waals surface area contributed by atoms with E-state index in [-0.39, 0.29) is 5.56 Å². The van der Waals surface area contributed by atoms with Gasteiger partial charge in [0.15, 0.2) is 0 Å². The molecule has 19 heavy (non-hydrogen) atoms. The molecule has 0 amide bonds. The van der Waals surface area contributed by atoms with E-state index in [0.29, 0.717) is 22.8 Å². The molecule has 2 N–H and O–H groups in total. The van der Waals surface area contributed by atoms with E-state index in [9.17, 15) is 4.79 Å². The minimum absolute atomic E-state index is 0.112. The van der Waals surface area contributed by atoms with Gasteiger partial charge < -0.3 is 10.4 Å². The number of anilines is 1. The molecule has 0 aromatic carbocycles. The lowest BCUT2D eigenvalue weighted by atomic mass is 9.80. The maximum absolute atomic E-state index is 10.8. The van der Waals surface area contributed by atoms with Crippen LogP contribution >= 0.6 is 11.6 Å². The summed E-state index contributed by atoms with van der Waals surface area (Å²) in [5.74, 6) is 0.908. The number of aromatic nitrogens is 1. The molecule has 1 aliphatic carbocycles. The second-order valence-corrected chi connectivity index (χ2v) is 5.91. The van der Waals surface area contributed by atoms with Gasteiger partial charge in [0, 0.05) is 12.2 Å². The number of halogens is 1. The number of aromatic carboxylic acids is 1. The van der Waals surface area contributed by atoms with E-state index in [1.54, 1.807) is 0 Å². The summed E-state index contributed by atoms with van der Waals surface area (Å²) in [5.41, 5.74) is 0.112. The van der Waals surface area contributed by atoms with Gasteiger partial charge in [0.1, 0.15) is 5.82 Å². The highest BCUT2D eigenvalue weighted by atomic mass is 35.5. The van der Waals surface area contributed by atoms with Gasteiger partial charge >= 0.3 is 5.97 Å². The SMILES string of the molecule is CC1CCC(Nc2ncc(C(=O)O)cc2Cl)C(C)C1. The first-order valence-corrected chi connectivity index (χ1v) is 7.00. The second kappa shape index (κ2) is 5.78. The van der Waals surface area contributed by atoms with Crippen molar-refractivity contribution in [2.75, 3.05) is 5.32 Å². The van der Waals surface area contributed by atoms with Crippen LogP contribution in [0.1, 0.15) is 43.5 Å². The molecule has 4 nitrogen and oxygen atoms in total. The number of nitrogens with zero attached hydrogens (tertiary/aromatic N) is 1. The van der Waals surface area contributed by atoms with E-state index in [1.807, 2.05) is 0 Å². The molecule has 1 aliphatic rings. The summed E-state index contributed by atoms with van der Waals surface area (Å²) < 4.78 is 0. The van der Waals surface area contributed by atoms with Gasteiger partial charge in [-0.3, -0.25) is 0 Å². The van der Waals surface area contributed by atoms with Crippen LogP contribution in [0.25, 0.3) is 0 Å². The molecule has 104 valence electrons. The molecule has 0 bridgehead atoms. The van der Waals surface area contributed by atoms with Crippen molar-refractivity contribution >= 4 is 23.4 Å². The van der Waals surface area contributed by atoms with E-state index in [0.717, 1.165) is 12.3 Å². The molecule has 0 aliphatic heterocycles. The molecule has 0 radical (unpaired) electrons. The monoisotopic (exact) mass is 282 g/mol. The van der Waals surface area contributed by atoms with E-state index in [4.69, 9.17) is 16.7 Å². The van der Waals surface area contributed by atoms with Crippen molar-refractivity contribution in [3.63, 3.8) is 0 Å². The maximum atomic E-state index is 10.8. The first-order valence-electron chi connectivity index (χ1n) is 6.62. The Kier molecular flexibility index (Phi) is 4.30. The summed E-state index contributed by atoms with van der Waals surface area (Å²) in [5, 5.41) is 12.6. The molecular formula is C14H19ClN2O2. The summed E-state index contributed by atoms with van der Waals surface area (Å²) in [6, 6.07) is 1.80. The van der Waals surface area contributed by atoms with Crippen LogP contribution in [0, 0.1) is 11.8 Å². The fourth-order valence-corrected chi connectivity index (χ4v) is 2.94. The van der Waals surface area contributed by atoms with Crippen molar-refractivity contribution in [1.82, 2.24) is 4.98 Å².